The van der Waals surface area contributed by atoms with E-state index >= 15 is 0 Å². The van der Waals surface area contributed by atoms with E-state index in [0.29, 0.717) is 0 Å². The molecule has 0 saturated carbocycles. The van der Waals surface area contributed by atoms with Gasteiger partial charge in [-0.15, -0.1) is 0 Å². The summed E-state index contributed by atoms with van der Waals surface area (Å²) >= 11 is 0. The molecule has 0 radical (unpaired) electrons. The Hall–Kier alpha value is -2.04. The van der Waals surface area contributed by atoms with Gasteiger partial charge in [-0.3, -0.25) is 4.79 Å². The predicted octanol–water partition coefficient (Wildman–Crippen LogP) is 0.552. The van der Waals surface area contributed by atoms with E-state index in [2.05, 4.69) is 10.1 Å². The Morgan fingerprint density at radius 2 is 2.41 bits per heavy atom. The second-order valence-corrected chi connectivity index (χ2v) is 3.88. The molecule has 0 aromatic heterocycles. The molecule has 1 aromatic carbocycles. The van der Waals surface area contributed by atoms with E-state index in [-0.39, 0.29) is 29.8 Å². The van der Waals surface area contributed by atoms with E-state index in [1.165, 1.54) is 0 Å². The van der Waals surface area contributed by atoms with Gasteiger partial charge in [0.05, 0.1) is 18.5 Å². The fourth-order valence-electron chi connectivity index (χ4n) is 2.26. The van der Waals surface area contributed by atoms with Crippen LogP contribution < -0.4 is 10.1 Å². The van der Waals surface area contributed by atoms with Crippen LogP contribution in [-0.2, 0) is 14.3 Å². The number of methoxy groups -OCH3 is 1. The van der Waals surface area contributed by atoms with Crippen LogP contribution >= 0.6 is 0 Å². The molecule has 0 spiro atoms. The lowest BCUT2D eigenvalue weighted by molar-refractivity contribution is -0.161. The Bertz CT molecular complexity index is 693. The number of amides is 1. The average Bonchev–Trinajstić information content (AvgIpc) is 2.94. The summed E-state index contributed by atoms with van der Waals surface area (Å²) in [6.07, 6.45) is -0.107. The Balaban J connectivity index is 2.26. The Morgan fingerprint density at radius 3 is 3.18 bits per heavy atom. The fraction of sp³-hybridized carbons (Fsp3) is 0.333. The van der Waals surface area contributed by atoms with Crippen LogP contribution in [0.5, 0.6) is 5.75 Å². The van der Waals surface area contributed by atoms with Gasteiger partial charge in [0.25, 0.3) is 5.72 Å². The Labute approximate surface area is 103 Å². The van der Waals surface area contributed by atoms with E-state index in [1.54, 1.807) is 0 Å². The summed E-state index contributed by atoms with van der Waals surface area (Å²) in [6, 6.07) is -1.57. The highest BCUT2D eigenvalue weighted by molar-refractivity contribution is 5.94. The summed E-state index contributed by atoms with van der Waals surface area (Å²) in [5.74, 6) is -2.24. The molecule has 1 saturated heterocycles. The summed E-state index contributed by atoms with van der Waals surface area (Å²) in [6.45, 7) is 0. The highest BCUT2D eigenvalue weighted by atomic mass is 16.6. The number of rotatable bonds is 1. The molecule has 2 heterocycles. The van der Waals surface area contributed by atoms with Gasteiger partial charge in [-0.25, -0.2) is 4.79 Å². The minimum atomic E-state index is -1.81. The number of fused-ring (bicyclic) bond motifs is 3. The van der Waals surface area contributed by atoms with Gasteiger partial charge >= 0.3 is 5.97 Å². The molecule has 1 N–H and O–H groups in total. The van der Waals surface area contributed by atoms with Crippen molar-refractivity contribution in [3.63, 3.8) is 0 Å². The number of ether oxygens (including phenoxy) is 2. The first-order chi connectivity index (χ1) is 9.83. The molecule has 3 rings (SSSR count). The van der Waals surface area contributed by atoms with Crippen molar-refractivity contribution in [2.45, 2.75) is 18.1 Å². The highest BCUT2D eigenvalue weighted by Crippen LogP contribution is 2.48. The van der Waals surface area contributed by atoms with E-state index in [1.807, 2.05) is 0 Å². The lowest BCUT2D eigenvalue weighted by Crippen LogP contribution is -2.55. The normalized spacial score (nSPS) is 32.3. The van der Waals surface area contributed by atoms with Crippen LogP contribution in [0.1, 0.15) is 23.4 Å². The standard InChI is InChI=1S/C12H11NO4/c1-16-11(15)12-8(6-10(14)13-12)7-4-2-3-5-9(7)17-12/h2-5,8H,6H2,1H3,(H,13,14)/t8-,12-/m1/s1/i2D,3D,4D,5D. The van der Waals surface area contributed by atoms with Crippen LogP contribution in [0.3, 0.4) is 0 Å². The van der Waals surface area contributed by atoms with Crippen LogP contribution in [0.4, 0.5) is 0 Å². The summed E-state index contributed by atoms with van der Waals surface area (Å²) in [5, 5.41) is 2.40. The van der Waals surface area contributed by atoms with Crippen LogP contribution in [-0.4, -0.2) is 24.7 Å². The highest BCUT2D eigenvalue weighted by Gasteiger charge is 2.61. The zero-order chi connectivity index (χ0) is 15.5. The Morgan fingerprint density at radius 1 is 1.65 bits per heavy atom. The monoisotopic (exact) mass is 237 g/mol. The number of carbonyl (C=O) groups excluding carboxylic acids is 2. The van der Waals surface area contributed by atoms with Crippen molar-refractivity contribution < 1.29 is 24.5 Å². The minimum Gasteiger partial charge on any atom is -0.465 e. The molecule has 2 atom stereocenters. The fourth-order valence-corrected chi connectivity index (χ4v) is 2.26. The van der Waals surface area contributed by atoms with Gasteiger partial charge in [0.1, 0.15) is 5.75 Å². The molecule has 2 aliphatic rings. The number of hydrogen-bond acceptors (Lipinski definition) is 4. The van der Waals surface area contributed by atoms with Crippen LogP contribution in [0.15, 0.2) is 24.2 Å². The first-order valence-electron chi connectivity index (χ1n) is 7.02. The summed E-state index contributed by atoms with van der Waals surface area (Å²) in [5.41, 5.74) is -1.68. The number of nitrogens with one attached hydrogen (secondary N) is 1. The van der Waals surface area contributed by atoms with Crippen LogP contribution in [0.25, 0.3) is 0 Å². The van der Waals surface area contributed by atoms with Gasteiger partial charge in [0, 0.05) is 12.0 Å². The maximum absolute atomic E-state index is 12.0. The van der Waals surface area contributed by atoms with Crippen molar-refractivity contribution in [1.82, 2.24) is 5.32 Å². The summed E-state index contributed by atoms with van der Waals surface area (Å²) < 4.78 is 41.3. The first-order valence-corrected chi connectivity index (χ1v) is 5.02. The summed E-state index contributed by atoms with van der Waals surface area (Å²) in [7, 11) is 1.14. The van der Waals surface area contributed by atoms with Crippen molar-refractivity contribution in [2.24, 2.45) is 0 Å². The third-order valence-corrected chi connectivity index (χ3v) is 2.99. The first kappa shape index (κ1) is 6.64. The molecule has 1 aromatic rings. The third-order valence-electron chi connectivity index (χ3n) is 2.99. The Kier molecular flexibility index (Phi) is 1.26. The molecular formula is C12H11NO4. The van der Waals surface area contributed by atoms with E-state index < -0.39 is 35.6 Å². The number of esters is 1. The summed E-state index contributed by atoms with van der Waals surface area (Å²) in [4.78, 5) is 23.7. The van der Waals surface area contributed by atoms with Gasteiger partial charge in [0.15, 0.2) is 0 Å². The van der Waals surface area contributed by atoms with Crippen LogP contribution in [0.2, 0.25) is 0 Å². The van der Waals surface area contributed by atoms with Gasteiger partial charge in [-0.1, -0.05) is 18.1 Å². The third kappa shape index (κ3) is 1.19. The molecule has 1 fully saturated rings. The lowest BCUT2D eigenvalue weighted by Gasteiger charge is -2.24. The van der Waals surface area contributed by atoms with Crippen molar-refractivity contribution in [1.29, 1.82) is 0 Å². The van der Waals surface area contributed by atoms with Crippen molar-refractivity contribution >= 4 is 11.9 Å². The zero-order valence-corrected chi connectivity index (χ0v) is 8.92. The maximum atomic E-state index is 12.0. The zero-order valence-electron chi connectivity index (χ0n) is 12.9. The number of carbonyl (C=O) groups is 2. The van der Waals surface area contributed by atoms with Gasteiger partial charge < -0.3 is 14.8 Å². The average molecular weight is 237 g/mol. The number of benzene rings is 1. The lowest BCUT2D eigenvalue weighted by atomic mass is 9.91. The van der Waals surface area contributed by atoms with Gasteiger partial charge in [0.2, 0.25) is 5.91 Å². The van der Waals surface area contributed by atoms with Crippen molar-refractivity contribution in [2.75, 3.05) is 7.11 Å². The molecule has 17 heavy (non-hydrogen) atoms. The molecule has 0 aliphatic carbocycles. The van der Waals surface area contributed by atoms with E-state index in [9.17, 15) is 9.59 Å². The largest absolute Gasteiger partial charge is 0.465 e. The second kappa shape index (κ2) is 3.23. The predicted molar refractivity (Wildman–Crippen MR) is 57.3 cm³/mol. The van der Waals surface area contributed by atoms with Crippen molar-refractivity contribution in [3.8, 4) is 5.75 Å². The van der Waals surface area contributed by atoms with Crippen molar-refractivity contribution in [3.05, 3.63) is 29.7 Å². The van der Waals surface area contributed by atoms with Gasteiger partial charge in [-0.05, 0) is 6.04 Å². The smallest absolute Gasteiger partial charge is 0.372 e. The molecular weight excluding hydrogens is 222 g/mol. The van der Waals surface area contributed by atoms with E-state index in [4.69, 9.17) is 10.2 Å². The maximum Gasteiger partial charge on any atom is 0.372 e. The van der Waals surface area contributed by atoms with E-state index in [0.717, 1.165) is 7.11 Å². The number of para-hydroxylation sites is 1. The molecule has 0 unspecified atom stereocenters. The topological polar surface area (TPSA) is 64.6 Å². The SMILES string of the molecule is [2H]c1c([2H])c([2H])c2c(c1[2H])O[C@]1(C(=O)OC)NC(=O)C[C@H]21. The van der Waals surface area contributed by atoms with Gasteiger partial charge in [-0.2, -0.15) is 0 Å². The van der Waals surface area contributed by atoms with Crippen LogP contribution in [0, 0.1) is 0 Å². The molecule has 5 heteroatoms. The minimum absolute atomic E-state index is 0.107. The quantitative estimate of drug-likeness (QED) is 0.724. The number of hydrogen-bond donors (Lipinski definition) is 1. The molecule has 1 amide bonds. The molecule has 2 aliphatic heterocycles. The molecule has 0 bridgehead atoms. The molecule has 5 nitrogen and oxygen atoms in total. The second-order valence-electron chi connectivity index (χ2n) is 3.88. The molecule has 88 valence electrons.